The molecule has 2 heterocycles. The average molecular weight is 262 g/mol. The zero-order valence-corrected chi connectivity index (χ0v) is 10.8. The van der Waals surface area contributed by atoms with Crippen molar-refractivity contribution < 1.29 is 4.79 Å². The second-order valence-electron chi connectivity index (χ2n) is 3.57. The van der Waals surface area contributed by atoms with Crippen LogP contribution in [0.1, 0.15) is 4.88 Å². The highest BCUT2D eigenvalue weighted by Gasteiger charge is 2.02. The van der Waals surface area contributed by atoms with Crippen LogP contribution in [0.25, 0.3) is 0 Å². The predicted octanol–water partition coefficient (Wildman–Crippen LogP) is 2.51. The number of aromatic nitrogens is 1. The molecule has 18 heavy (non-hydrogen) atoms. The van der Waals surface area contributed by atoms with Gasteiger partial charge < -0.3 is 16.0 Å². The van der Waals surface area contributed by atoms with Crippen molar-refractivity contribution in [3.05, 3.63) is 40.7 Å². The molecule has 6 heteroatoms. The molecule has 0 atom stereocenters. The first-order chi connectivity index (χ1) is 8.78. The summed E-state index contributed by atoms with van der Waals surface area (Å²) in [5.41, 5.74) is 0.665. The van der Waals surface area contributed by atoms with Crippen LogP contribution < -0.4 is 16.0 Å². The number of rotatable bonds is 4. The van der Waals surface area contributed by atoms with Crippen molar-refractivity contribution in [2.45, 2.75) is 6.54 Å². The predicted molar refractivity (Wildman–Crippen MR) is 74.0 cm³/mol. The minimum Gasteiger partial charge on any atom is -0.373 e. The molecule has 0 spiro atoms. The highest BCUT2D eigenvalue weighted by Crippen LogP contribution is 2.10. The Morgan fingerprint density at radius 2 is 2.28 bits per heavy atom. The van der Waals surface area contributed by atoms with Gasteiger partial charge in [-0.2, -0.15) is 0 Å². The Labute approximate surface area is 109 Å². The summed E-state index contributed by atoms with van der Waals surface area (Å²) in [5.74, 6) is 0.763. The molecule has 2 amide bonds. The smallest absolute Gasteiger partial charge is 0.319 e. The third-order valence-electron chi connectivity index (χ3n) is 2.28. The molecule has 0 bridgehead atoms. The fraction of sp³-hybridized carbons (Fsp3) is 0.167. The van der Waals surface area contributed by atoms with Crippen LogP contribution in [-0.2, 0) is 6.54 Å². The van der Waals surface area contributed by atoms with E-state index in [1.807, 2.05) is 17.5 Å². The Morgan fingerprint density at radius 3 is 2.89 bits per heavy atom. The number of nitrogens with zero attached hydrogens (tertiary/aromatic N) is 1. The van der Waals surface area contributed by atoms with E-state index in [0.717, 1.165) is 10.7 Å². The first-order valence-corrected chi connectivity index (χ1v) is 6.37. The van der Waals surface area contributed by atoms with E-state index in [2.05, 4.69) is 20.9 Å². The molecule has 0 saturated carbocycles. The van der Waals surface area contributed by atoms with Gasteiger partial charge in [0.1, 0.15) is 5.82 Å². The lowest BCUT2D eigenvalue weighted by Crippen LogP contribution is -2.27. The van der Waals surface area contributed by atoms with Crippen molar-refractivity contribution in [1.29, 1.82) is 0 Å². The lowest BCUT2D eigenvalue weighted by molar-refractivity contribution is 0.252. The maximum absolute atomic E-state index is 11.6. The summed E-state index contributed by atoms with van der Waals surface area (Å²) in [5, 5.41) is 10.4. The molecule has 0 saturated heterocycles. The number of anilines is 2. The molecule has 2 rings (SSSR count). The fourth-order valence-electron chi connectivity index (χ4n) is 1.37. The van der Waals surface area contributed by atoms with Gasteiger partial charge in [-0.25, -0.2) is 9.78 Å². The maximum atomic E-state index is 11.6. The summed E-state index contributed by atoms with van der Waals surface area (Å²) in [6.45, 7) is 0.533. The number of thiophene rings is 1. The number of carbonyl (C=O) groups excluding carboxylic acids is 1. The van der Waals surface area contributed by atoms with Crippen LogP contribution >= 0.6 is 11.3 Å². The van der Waals surface area contributed by atoms with Gasteiger partial charge in [0.2, 0.25) is 0 Å². The summed E-state index contributed by atoms with van der Waals surface area (Å²) >= 11 is 1.61. The van der Waals surface area contributed by atoms with Gasteiger partial charge in [0.25, 0.3) is 0 Å². The molecule has 0 unspecified atom stereocenters. The molecule has 0 fully saturated rings. The molecule has 0 aliphatic heterocycles. The van der Waals surface area contributed by atoms with E-state index in [0.29, 0.717) is 12.2 Å². The van der Waals surface area contributed by atoms with Crippen LogP contribution in [0.15, 0.2) is 35.8 Å². The molecule has 0 radical (unpaired) electrons. The number of amides is 2. The molecule has 5 nitrogen and oxygen atoms in total. The van der Waals surface area contributed by atoms with Crippen molar-refractivity contribution in [1.82, 2.24) is 10.3 Å². The highest BCUT2D eigenvalue weighted by molar-refractivity contribution is 7.09. The molecule has 0 aromatic carbocycles. The molecule has 0 aliphatic rings. The zero-order chi connectivity index (χ0) is 12.8. The van der Waals surface area contributed by atoms with Gasteiger partial charge in [0.15, 0.2) is 0 Å². The molecular weight excluding hydrogens is 248 g/mol. The molecular formula is C12H14N4OS. The van der Waals surface area contributed by atoms with Gasteiger partial charge in [-0.1, -0.05) is 6.07 Å². The van der Waals surface area contributed by atoms with Gasteiger partial charge in [-0.05, 0) is 23.6 Å². The minimum atomic E-state index is -0.234. The van der Waals surface area contributed by atoms with Gasteiger partial charge in [0.05, 0.1) is 18.4 Å². The summed E-state index contributed by atoms with van der Waals surface area (Å²) in [6.07, 6.45) is 1.61. The second kappa shape index (κ2) is 6.02. The van der Waals surface area contributed by atoms with E-state index >= 15 is 0 Å². The topological polar surface area (TPSA) is 66.0 Å². The third-order valence-corrected chi connectivity index (χ3v) is 3.16. The van der Waals surface area contributed by atoms with Gasteiger partial charge in [-0.15, -0.1) is 11.3 Å². The SMILES string of the molecule is CNc1ccc(NC(=O)NCc2cccs2)cn1. The largest absolute Gasteiger partial charge is 0.373 e. The van der Waals surface area contributed by atoms with Crippen LogP contribution in [-0.4, -0.2) is 18.1 Å². The van der Waals surface area contributed by atoms with Gasteiger partial charge in [0, 0.05) is 11.9 Å². The molecule has 0 aliphatic carbocycles. The zero-order valence-electron chi connectivity index (χ0n) is 9.93. The number of hydrogen-bond donors (Lipinski definition) is 3. The second-order valence-corrected chi connectivity index (χ2v) is 4.60. The van der Waals surface area contributed by atoms with E-state index in [-0.39, 0.29) is 6.03 Å². The van der Waals surface area contributed by atoms with Crippen molar-refractivity contribution >= 4 is 28.9 Å². The standard InChI is InChI=1S/C12H14N4OS/c1-13-11-5-4-9(7-14-11)16-12(17)15-8-10-3-2-6-18-10/h2-7H,8H2,1H3,(H,13,14)(H2,15,16,17). The van der Waals surface area contributed by atoms with Crippen molar-refractivity contribution in [2.75, 3.05) is 17.7 Å². The van der Waals surface area contributed by atoms with Crippen LogP contribution in [0.3, 0.4) is 0 Å². The monoisotopic (exact) mass is 262 g/mol. The fourth-order valence-corrected chi connectivity index (χ4v) is 2.02. The number of carbonyl (C=O) groups is 1. The average Bonchev–Trinajstić information content (AvgIpc) is 2.90. The quantitative estimate of drug-likeness (QED) is 0.793. The van der Waals surface area contributed by atoms with E-state index in [1.54, 1.807) is 36.7 Å². The first-order valence-electron chi connectivity index (χ1n) is 5.49. The lowest BCUT2D eigenvalue weighted by atomic mass is 10.4. The lowest BCUT2D eigenvalue weighted by Gasteiger charge is -2.07. The van der Waals surface area contributed by atoms with E-state index in [4.69, 9.17) is 0 Å². The van der Waals surface area contributed by atoms with E-state index in [9.17, 15) is 4.79 Å². The Morgan fingerprint density at radius 1 is 1.39 bits per heavy atom. The molecule has 2 aromatic heterocycles. The minimum absolute atomic E-state index is 0.234. The molecule has 94 valence electrons. The normalized spacial score (nSPS) is 9.83. The van der Waals surface area contributed by atoms with Crippen LogP contribution in [0, 0.1) is 0 Å². The van der Waals surface area contributed by atoms with Gasteiger partial charge >= 0.3 is 6.03 Å². The highest BCUT2D eigenvalue weighted by atomic mass is 32.1. The van der Waals surface area contributed by atoms with E-state index in [1.165, 1.54) is 0 Å². The van der Waals surface area contributed by atoms with Gasteiger partial charge in [-0.3, -0.25) is 0 Å². The Hall–Kier alpha value is -2.08. The number of pyridine rings is 1. The van der Waals surface area contributed by atoms with Crippen molar-refractivity contribution in [3.8, 4) is 0 Å². The van der Waals surface area contributed by atoms with Crippen LogP contribution in [0.5, 0.6) is 0 Å². The first kappa shape index (κ1) is 12.4. The number of nitrogens with one attached hydrogen (secondary N) is 3. The van der Waals surface area contributed by atoms with E-state index < -0.39 is 0 Å². The number of urea groups is 1. The summed E-state index contributed by atoms with van der Waals surface area (Å²) < 4.78 is 0. The van der Waals surface area contributed by atoms with Crippen LogP contribution in [0.4, 0.5) is 16.3 Å². The third kappa shape index (κ3) is 3.46. The van der Waals surface area contributed by atoms with Crippen LogP contribution in [0.2, 0.25) is 0 Å². The Balaban J connectivity index is 1.83. The Kier molecular flexibility index (Phi) is 4.14. The summed E-state index contributed by atoms with van der Waals surface area (Å²) in [7, 11) is 1.79. The van der Waals surface area contributed by atoms with Crippen molar-refractivity contribution in [2.24, 2.45) is 0 Å². The molecule has 3 N–H and O–H groups in total. The summed E-state index contributed by atoms with van der Waals surface area (Å²) in [4.78, 5) is 16.8. The maximum Gasteiger partial charge on any atom is 0.319 e. The number of hydrogen-bond acceptors (Lipinski definition) is 4. The Bertz CT molecular complexity index is 495. The summed E-state index contributed by atoms with van der Waals surface area (Å²) in [6, 6.07) is 7.30. The molecule has 2 aromatic rings. The van der Waals surface area contributed by atoms with Crippen molar-refractivity contribution in [3.63, 3.8) is 0 Å².